The van der Waals surface area contributed by atoms with E-state index in [0.717, 1.165) is 19.4 Å². The molecule has 17 heavy (non-hydrogen) atoms. The predicted molar refractivity (Wildman–Crippen MR) is 71.4 cm³/mol. The summed E-state index contributed by atoms with van der Waals surface area (Å²) in [6, 6.07) is 0. The third kappa shape index (κ3) is 4.56. The van der Waals surface area contributed by atoms with Crippen molar-refractivity contribution < 1.29 is 8.42 Å². The summed E-state index contributed by atoms with van der Waals surface area (Å²) in [5.41, 5.74) is 0.132. The van der Waals surface area contributed by atoms with Crippen LogP contribution in [0, 0.1) is 11.3 Å². The minimum Gasteiger partial charge on any atom is -0.315 e. The first-order valence-electron chi connectivity index (χ1n) is 6.42. The summed E-state index contributed by atoms with van der Waals surface area (Å²) in [5, 5.41) is 2.88. The van der Waals surface area contributed by atoms with Crippen LogP contribution < -0.4 is 10.0 Å². The lowest BCUT2D eigenvalue weighted by Gasteiger charge is -2.29. The molecule has 102 valence electrons. The first kappa shape index (κ1) is 14.9. The van der Waals surface area contributed by atoms with Crippen LogP contribution in [0.5, 0.6) is 0 Å². The van der Waals surface area contributed by atoms with Crippen LogP contribution in [0.1, 0.15) is 40.5 Å². The van der Waals surface area contributed by atoms with Crippen LogP contribution in [0.25, 0.3) is 0 Å². The molecule has 2 unspecified atom stereocenters. The van der Waals surface area contributed by atoms with Gasteiger partial charge in [-0.05, 0) is 30.7 Å². The van der Waals surface area contributed by atoms with E-state index < -0.39 is 10.0 Å². The molecule has 0 aliphatic carbocycles. The summed E-state index contributed by atoms with van der Waals surface area (Å²) in [6.45, 7) is 10.5. The second-order valence-electron chi connectivity index (χ2n) is 6.13. The maximum atomic E-state index is 12.1. The van der Waals surface area contributed by atoms with Crippen molar-refractivity contribution in [3.05, 3.63) is 0 Å². The molecule has 2 N–H and O–H groups in total. The fraction of sp³-hybridized carbons (Fsp3) is 1.00. The summed E-state index contributed by atoms with van der Waals surface area (Å²) >= 11 is 0. The Labute approximate surface area is 106 Å². The molecule has 1 aliphatic heterocycles. The van der Waals surface area contributed by atoms with Crippen molar-refractivity contribution in [1.82, 2.24) is 10.0 Å². The van der Waals surface area contributed by atoms with Gasteiger partial charge in [-0.3, -0.25) is 0 Å². The van der Waals surface area contributed by atoms with Crippen molar-refractivity contribution in [2.75, 3.05) is 19.6 Å². The molecule has 1 saturated heterocycles. The normalized spacial score (nSPS) is 24.6. The topological polar surface area (TPSA) is 58.2 Å². The quantitative estimate of drug-likeness (QED) is 0.804. The second kappa shape index (κ2) is 5.67. The highest BCUT2D eigenvalue weighted by Gasteiger charge is 2.28. The van der Waals surface area contributed by atoms with Crippen LogP contribution in [-0.4, -0.2) is 33.3 Å². The molecule has 0 saturated carbocycles. The van der Waals surface area contributed by atoms with E-state index in [1.807, 2.05) is 0 Å². The summed E-state index contributed by atoms with van der Waals surface area (Å²) in [5.74, 6) is 0.328. The van der Waals surface area contributed by atoms with Gasteiger partial charge in [0.1, 0.15) is 0 Å². The molecule has 1 fully saturated rings. The minimum atomic E-state index is -3.15. The fourth-order valence-electron chi connectivity index (χ4n) is 1.75. The molecule has 0 bridgehead atoms. The van der Waals surface area contributed by atoms with Gasteiger partial charge in [0.15, 0.2) is 0 Å². The Hall–Kier alpha value is -0.130. The van der Waals surface area contributed by atoms with Gasteiger partial charge in [-0.1, -0.05) is 27.7 Å². The predicted octanol–water partition coefficient (Wildman–Crippen LogP) is 1.34. The monoisotopic (exact) mass is 262 g/mol. The number of piperidine rings is 1. The smallest absolute Gasteiger partial charge is 0.215 e. The Morgan fingerprint density at radius 2 is 2.06 bits per heavy atom. The number of hydrogen-bond donors (Lipinski definition) is 2. The zero-order chi connectivity index (χ0) is 13.1. The van der Waals surface area contributed by atoms with Gasteiger partial charge in [0.2, 0.25) is 10.0 Å². The molecule has 4 nitrogen and oxygen atoms in total. The van der Waals surface area contributed by atoms with Gasteiger partial charge < -0.3 is 5.32 Å². The van der Waals surface area contributed by atoms with E-state index in [-0.39, 0.29) is 10.7 Å². The Balaban J connectivity index is 2.49. The van der Waals surface area contributed by atoms with E-state index in [1.54, 1.807) is 0 Å². The summed E-state index contributed by atoms with van der Waals surface area (Å²) in [6.07, 6.45) is 1.71. The van der Waals surface area contributed by atoms with Gasteiger partial charge in [-0.2, -0.15) is 0 Å². The van der Waals surface area contributed by atoms with Crippen LogP contribution in [0.15, 0.2) is 0 Å². The highest BCUT2D eigenvalue weighted by Crippen LogP contribution is 2.24. The SMILES string of the molecule is CC(CNS(=O)(=O)C1CCCNC1)C(C)(C)C. The lowest BCUT2D eigenvalue weighted by molar-refractivity contribution is 0.262. The minimum absolute atomic E-state index is 0.132. The molecular weight excluding hydrogens is 236 g/mol. The van der Waals surface area contributed by atoms with Crippen molar-refractivity contribution in [3.63, 3.8) is 0 Å². The number of sulfonamides is 1. The Morgan fingerprint density at radius 1 is 1.41 bits per heavy atom. The Morgan fingerprint density at radius 3 is 2.53 bits per heavy atom. The molecule has 0 aromatic rings. The zero-order valence-electron chi connectivity index (χ0n) is 11.4. The van der Waals surface area contributed by atoms with Crippen LogP contribution in [0.3, 0.4) is 0 Å². The largest absolute Gasteiger partial charge is 0.315 e. The molecule has 5 heteroatoms. The molecule has 0 amide bonds. The highest BCUT2D eigenvalue weighted by molar-refractivity contribution is 7.90. The van der Waals surface area contributed by atoms with Gasteiger partial charge in [0, 0.05) is 13.1 Å². The van der Waals surface area contributed by atoms with Crippen LogP contribution in [0.2, 0.25) is 0 Å². The van der Waals surface area contributed by atoms with Crippen LogP contribution in [-0.2, 0) is 10.0 Å². The molecule has 0 aromatic heterocycles. The summed E-state index contributed by atoms with van der Waals surface area (Å²) in [4.78, 5) is 0. The maximum Gasteiger partial charge on any atom is 0.215 e. The van der Waals surface area contributed by atoms with Crippen molar-refractivity contribution >= 4 is 10.0 Å². The van der Waals surface area contributed by atoms with Gasteiger partial charge in [0.05, 0.1) is 5.25 Å². The standard InChI is InChI=1S/C12H26N2O2S/c1-10(12(2,3)4)8-14-17(15,16)11-6-5-7-13-9-11/h10-11,13-14H,5-9H2,1-4H3. The fourth-order valence-corrected chi connectivity index (χ4v) is 3.28. The van der Waals surface area contributed by atoms with E-state index in [0.29, 0.717) is 19.0 Å². The van der Waals surface area contributed by atoms with Crippen LogP contribution >= 0.6 is 0 Å². The lowest BCUT2D eigenvalue weighted by Crippen LogP contribution is -2.46. The average molecular weight is 262 g/mol. The first-order chi connectivity index (χ1) is 7.73. The van der Waals surface area contributed by atoms with Crippen molar-refractivity contribution in [3.8, 4) is 0 Å². The van der Waals surface area contributed by atoms with Crippen molar-refractivity contribution in [1.29, 1.82) is 0 Å². The Kier molecular flexibility index (Phi) is 4.98. The number of rotatable bonds is 4. The third-order valence-corrected chi connectivity index (χ3v) is 5.61. The highest BCUT2D eigenvalue weighted by atomic mass is 32.2. The lowest BCUT2D eigenvalue weighted by atomic mass is 9.82. The van der Waals surface area contributed by atoms with Crippen LogP contribution in [0.4, 0.5) is 0 Å². The molecule has 0 spiro atoms. The maximum absolute atomic E-state index is 12.1. The van der Waals surface area contributed by atoms with Gasteiger partial charge in [-0.25, -0.2) is 13.1 Å². The first-order valence-corrected chi connectivity index (χ1v) is 7.97. The molecule has 1 aliphatic rings. The molecule has 0 radical (unpaired) electrons. The average Bonchev–Trinajstić information content (AvgIpc) is 2.26. The van der Waals surface area contributed by atoms with E-state index in [9.17, 15) is 8.42 Å². The molecular formula is C12H26N2O2S. The van der Waals surface area contributed by atoms with E-state index >= 15 is 0 Å². The summed E-state index contributed by atoms with van der Waals surface area (Å²) in [7, 11) is -3.15. The van der Waals surface area contributed by atoms with Gasteiger partial charge in [-0.15, -0.1) is 0 Å². The molecule has 1 heterocycles. The molecule has 1 rings (SSSR count). The second-order valence-corrected chi connectivity index (χ2v) is 8.17. The van der Waals surface area contributed by atoms with Crippen molar-refractivity contribution in [2.45, 2.75) is 45.8 Å². The Bertz CT molecular complexity index is 327. The number of nitrogens with one attached hydrogen (secondary N) is 2. The van der Waals surface area contributed by atoms with E-state index in [1.165, 1.54) is 0 Å². The summed E-state index contributed by atoms with van der Waals surface area (Å²) < 4.78 is 26.9. The zero-order valence-corrected chi connectivity index (χ0v) is 12.2. The van der Waals surface area contributed by atoms with Gasteiger partial charge >= 0.3 is 0 Å². The molecule has 0 aromatic carbocycles. The number of hydrogen-bond acceptors (Lipinski definition) is 3. The third-order valence-electron chi connectivity index (χ3n) is 3.76. The van der Waals surface area contributed by atoms with E-state index in [4.69, 9.17) is 0 Å². The van der Waals surface area contributed by atoms with Gasteiger partial charge in [0.25, 0.3) is 0 Å². The molecule has 2 atom stereocenters. The van der Waals surface area contributed by atoms with Crippen molar-refractivity contribution in [2.24, 2.45) is 11.3 Å². The van der Waals surface area contributed by atoms with E-state index in [2.05, 4.69) is 37.7 Å².